The number of carbonyl (C=O) groups excluding carboxylic acids is 1. The van der Waals surface area contributed by atoms with E-state index in [9.17, 15) is 9.59 Å². The number of hydrogen-bond acceptors (Lipinski definition) is 3. The van der Waals surface area contributed by atoms with Crippen molar-refractivity contribution < 1.29 is 19.4 Å². The SMILES string of the molecule is Cc1ccc(C2(C(=O)N(C)CC(C)C(=O)O)CCOCC2)cc1. The summed E-state index contributed by atoms with van der Waals surface area (Å²) in [5, 5.41) is 9.08. The summed E-state index contributed by atoms with van der Waals surface area (Å²) >= 11 is 0. The second-order valence-electron chi connectivity index (χ2n) is 6.49. The molecule has 0 radical (unpaired) electrons. The van der Waals surface area contributed by atoms with Gasteiger partial charge in [-0.1, -0.05) is 36.8 Å². The van der Waals surface area contributed by atoms with Gasteiger partial charge in [-0.2, -0.15) is 0 Å². The first kappa shape index (κ1) is 17.5. The molecule has 0 spiro atoms. The van der Waals surface area contributed by atoms with Gasteiger partial charge in [-0.3, -0.25) is 9.59 Å². The average Bonchev–Trinajstić information content (AvgIpc) is 2.55. The summed E-state index contributed by atoms with van der Waals surface area (Å²) in [5.74, 6) is -1.49. The lowest BCUT2D eigenvalue weighted by Crippen LogP contribution is -2.50. The van der Waals surface area contributed by atoms with Gasteiger partial charge in [-0.15, -0.1) is 0 Å². The molecule has 2 rings (SSSR count). The highest BCUT2D eigenvalue weighted by atomic mass is 16.5. The molecule has 0 bridgehead atoms. The summed E-state index contributed by atoms with van der Waals surface area (Å²) in [4.78, 5) is 25.8. The third kappa shape index (κ3) is 3.72. The van der Waals surface area contributed by atoms with Crippen molar-refractivity contribution in [2.45, 2.75) is 32.1 Å². The number of carboxylic acids is 1. The molecule has 126 valence electrons. The number of hydrogen-bond donors (Lipinski definition) is 1. The van der Waals surface area contributed by atoms with Crippen LogP contribution in [0.2, 0.25) is 0 Å². The Hall–Kier alpha value is -1.88. The summed E-state index contributed by atoms with van der Waals surface area (Å²) in [6.45, 7) is 4.93. The monoisotopic (exact) mass is 319 g/mol. The van der Waals surface area contributed by atoms with E-state index in [1.165, 1.54) is 0 Å². The van der Waals surface area contributed by atoms with E-state index in [-0.39, 0.29) is 12.5 Å². The molecule has 5 heteroatoms. The molecule has 1 aromatic rings. The molecule has 1 aliphatic rings. The van der Waals surface area contributed by atoms with E-state index in [1.807, 2.05) is 31.2 Å². The molecule has 1 amide bonds. The molecule has 5 nitrogen and oxygen atoms in total. The minimum absolute atomic E-state index is 0.0160. The van der Waals surface area contributed by atoms with Crippen LogP contribution in [0.4, 0.5) is 0 Å². The first-order chi connectivity index (χ1) is 10.9. The standard InChI is InChI=1S/C18H25NO4/c1-13-4-6-15(7-5-13)18(8-10-23-11-9-18)17(22)19(3)12-14(2)16(20)21/h4-7,14H,8-12H2,1-3H3,(H,20,21). The van der Waals surface area contributed by atoms with Crippen LogP contribution in [-0.2, 0) is 19.7 Å². The Kier molecular flexibility index (Phi) is 5.42. The zero-order valence-corrected chi connectivity index (χ0v) is 14.0. The van der Waals surface area contributed by atoms with Crippen LogP contribution in [0.15, 0.2) is 24.3 Å². The van der Waals surface area contributed by atoms with Gasteiger partial charge in [0.05, 0.1) is 11.3 Å². The van der Waals surface area contributed by atoms with Crippen LogP contribution in [0.25, 0.3) is 0 Å². The van der Waals surface area contributed by atoms with Gasteiger partial charge in [-0.05, 0) is 25.3 Å². The van der Waals surface area contributed by atoms with E-state index in [0.717, 1.165) is 11.1 Å². The average molecular weight is 319 g/mol. The minimum Gasteiger partial charge on any atom is -0.481 e. The first-order valence-corrected chi connectivity index (χ1v) is 8.00. The van der Waals surface area contributed by atoms with E-state index in [4.69, 9.17) is 9.84 Å². The van der Waals surface area contributed by atoms with E-state index in [1.54, 1.807) is 18.9 Å². The van der Waals surface area contributed by atoms with E-state index in [0.29, 0.717) is 26.1 Å². The fourth-order valence-electron chi connectivity index (χ4n) is 3.16. The van der Waals surface area contributed by atoms with Crippen molar-refractivity contribution in [2.24, 2.45) is 5.92 Å². The Bertz CT molecular complexity index is 561. The normalized spacial score (nSPS) is 18.2. The lowest BCUT2D eigenvalue weighted by molar-refractivity contribution is -0.145. The number of carbonyl (C=O) groups is 2. The second kappa shape index (κ2) is 7.13. The Morgan fingerprint density at radius 3 is 2.35 bits per heavy atom. The fourth-order valence-corrected chi connectivity index (χ4v) is 3.16. The lowest BCUT2D eigenvalue weighted by Gasteiger charge is -2.39. The van der Waals surface area contributed by atoms with Crippen LogP contribution < -0.4 is 0 Å². The van der Waals surface area contributed by atoms with Crippen LogP contribution in [0, 0.1) is 12.8 Å². The predicted molar refractivity (Wildman–Crippen MR) is 87.3 cm³/mol. The fraction of sp³-hybridized carbons (Fsp3) is 0.556. The van der Waals surface area contributed by atoms with Crippen molar-refractivity contribution in [1.82, 2.24) is 4.90 Å². The smallest absolute Gasteiger partial charge is 0.308 e. The second-order valence-corrected chi connectivity index (χ2v) is 6.49. The highest BCUT2D eigenvalue weighted by Crippen LogP contribution is 2.36. The molecule has 1 N–H and O–H groups in total. The first-order valence-electron chi connectivity index (χ1n) is 8.00. The molecular formula is C18H25NO4. The molecule has 1 saturated heterocycles. The molecule has 1 aliphatic heterocycles. The molecule has 0 aromatic heterocycles. The van der Waals surface area contributed by atoms with Crippen LogP contribution in [0.5, 0.6) is 0 Å². The molecule has 1 fully saturated rings. The third-order valence-electron chi connectivity index (χ3n) is 4.68. The van der Waals surface area contributed by atoms with Gasteiger partial charge in [0, 0.05) is 26.8 Å². The van der Waals surface area contributed by atoms with E-state index in [2.05, 4.69) is 0 Å². The molecule has 0 aliphatic carbocycles. The maximum absolute atomic E-state index is 13.1. The Labute approximate surface area is 137 Å². The van der Waals surface area contributed by atoms with Crippen LogP contribution >= 0.6 is 0 Å². The van der Waals surface area contributed by atoms with Gasteiger partial charge in [0.2, 0.25) is 5.91 Å². The van der Waals surface area contributed by atoms with E-state index >= 15 is 0 Å². The van der Waals surface area contributed by atoms with Crippen molar-refractivity contribution in [3.63, 3.8) is 0 Å². The zero-order chi connectivity index (χ0) is 17.0. The molecule has 1 unspecified atom stereocenters. The van der Waals surface area contributed by atoms with Crippen LogP contribution in [0.3, 0.4) is 0 Å². The maximum atomic E-state index is 13.1. The minimum atomic E-state index is -0.888. The highest BCUT2D eigenvalue weighted by Gasteiger charge is 2.43. The maximum Gasteiger partial charge on any atom is 0.308 e. The Balaban J connectivity index is 2.28. The molecule has 1 heterocycles. The van der Waals surface area contributed by atoms with Crippen molar-refractivity contribution in [1.29, 1.82) is 0 Å². The Morgan fingerprint density at radius 1 is 1.26 bits per heavy atom. The summed E-state index contributed by atoms with van der Waals surface area (Å²) < 4.78 is 5.45. The quantitative estimate of drug-likeness (QED) is 0.904. The number of ether oxygens (including phenoxy) is 1. The van der Waals surface area contributed by atoms with Gasteiger partial charge in [0.1, 0.15) is 0 Å². The van der Waals surface area contributed by atoms with E-state index < -0.39 is 17.3 Å². The largest absolute Gasteiger partial charge is 0.481 e. The number of rotatable bonds is 5. The number of benzene rings is 1. The Morgan fingerprint density at radius 2 is 1.83 bits per heavy atom. The van der Waals surface area contributed by atoms with Crippen molar-refractivity contribution in [3.05, 3.63) is 35.4 Å². The third-order valence-corrected chi connectivity index (χ3v) is 4.68. The molecular weight excluding hydrogens is 294 g/mol. The molecule has 23 heavy (non-hydrogen) atoms. The van der Waals surface area contributed by atoms with Gasteiger partial charge in [0.25, 0.3) is 0 Å². The predicted octanol–water partition coefficient (Wildman–Crippen LogP) is 2.22. The summed E-state index contributed by atoms with van der Waals surface area (Å²) in [6, 6.07) is 8.04. The van der Waals surface area contributed by atoms with Gasteiger partial charge < -0.3 is 14.7 Å². The van der Waals surface area contributed by atoms with Gasteiger partial charge in [0.15, 0.2) is 0 Å². The topological polar surface area (TPSA) is 66.8 Å². The number of aliphatic carboxylic acids is 1. The van der Waals surface area contributed by atoms with Gasteiger partial charge in [-0.25, -0.2) is 0 Å². The number of amides is 1. The highest BCUT2D eigenvalue weighted by molar-refractivity contribution is 5.88. The zero-order valence-electron chi connectivity index (χ0n) is 14.0. The summed E-state index contributed by atoms with van der Waals surface area (Å²) in [6.07, 6.45) is 1.25. The number of likely N-dealkylation sites (N-methyl/N-ethyl adjacent to an activating group) is 1. The van der Waals surface area contributed by atoms with Crippen molar-refractivity contribution in [3.8, 4) is 0 Å². The van der Waals surface area contributed by atoms with Crippen LogP contribution in [0.1, 0.15) is 30.9 Å². The van der Waals surface area contributed by atoms with Crippen LogP contribution in [-0.4, -0.2) is 48.7 Å². The lowest BCUT2D eigenvalue weighted by atomic mass is 9.72. The number of carboxylic acid groups (broad SMARTS) is 1. The molecule has 1 aromatic carbocycles. The molecule has 0 saturated carbocycles. The van der Waals surface area contributed by atoms with Crippen molar-refractivity contribution in [2.75, 3.05) is 26.8 Å². The summed E-state index contributed by atoms with van der Waals surface area (Å²) in [7, 11) is 1.69. The number of nitrogens with zero attached hydrogens (tertiary/aromatic N) is 1. The van der Waals surface area contributed by atoms with Crippen molar-refractivity contribution >= 4 is 11.9 Å². The molecule has 1 atom stereocenters. The van der Waals surface area contributed by atoms with Gasteiger partial charge >= 0.3 is 5.97 Å². The number of aryl methyl sites for hydroxylation is 1. The summed E-state index contributed by atoms with van der Waals surface area (Å²) in [5.41, 5.74) is 1.53.